The van der Waals surface area contributed by atoms with E-state index in [1.807, 2.05) is 36.4 Å². The van der Waals surface area contributed by atoms with Gasteiger partial charge >= 0.3 is 5.97 Å². The highest BCUT2D eigenvalue weighted by atomic mass is 16.5. The van der Waals surface area contributed by atoms with Crippen molar-refractivity contribution in [1.82, 2.24) is 9.97 Å². The van der Waals surface area contributed by atoms with Gasteiger partial charge < -0.3 is 14.5 Å². The third-order valence-corrected chi connectivity index (χ3v) is 4.03. The van der Waals surface area contributed by atoms with Gasteiger partial charge in [0, 0.05) is 5.56 Å². The lowest BCUT2D eigenvalue weighted by Crippen LogP contribution is -2.08. The van der Waals surface area contributed by atoms with Crippen LogP contribution in [0.3, 0.4) is 0 Å². The zero-order valence-electron chi connectivity index (χ0n) is 14.1. The molecule has 0 amide bonds. The minimum atomic E-state index is -0.422. The van der Waals surface area contributed by atoms with Crippen LogP contribution in [-0.4, -0.2) is 23.0 Å². The predicted molar refractivity (Wildman–Crippen MR) is 99.5 cm³/mol. The molecule has 0 spiro atoms. The normalized spacial score (nSPS) is 10.7. The monoisotopic (exact) mass is 344 g/mol. The Hall–Kier alpha value is -3.60. The lowest BCUT2D eigenvalue weighted by molar-refractivity contribution is 0.0735. The Balaban J connectivity index is 1.57. The summed E-state index contributed by atoms with van der Waals surface area (Å²) in [5.74, 6) is 1.46. The zero-order chi connectivity index (χ0) is 17.9. The van der Waals surface area contributed by atoms with Crippen LogP contribution in [0.15, 0.2) is 72.8 Å². The maximum Gasteiger partial charge on any atom is 0.343 e. The quantitative estimate of drug-likeness (QED) is 0.438. The zero-order valence-corrected chi connectivity index (χ0v) is 14.1. The van der Waals surface area contributed by atoms with Crippen molar-refractivity contribution >= 4 is 17.0 Å². The Morgan fingerprint density at radius 1 is 0.923 bits per heavy atom. The van der Waals surface area contributed by atoms with Gasteiger partial charge in [0.05, 0.1) is 23.7 Å². The van der Waals surface area contributed by atoms with Crippen LogP contribution in [-0.2, 0) is 0 Å². The van der Waals surface area contributed by atoms with E-state index in [9.17, 15) is 4.79 Å². The van der Waals surface area contributed by atoms with Crippen LogP contribution in [0.2, 0.25) is 0 Å². The summed E-state index contributed by atoms with van der Waals surface area (Å²) in [5, 5.41) is 0. The predicted octanol–water partition coefficient (Wildman–Crippen LogP) is 4.46. The van der Waals surface area contributed by atoms with E-state index in [4.69, 9.17) is 9.47 Å². The van der Waals surface area contributed by atoms with Gasteiger partial charge in [-0.15, -0.1) is 0 Å². The number of aromatic amines is 1. The molecule has 3 aromatic carbocycles. The van der Waals surface area contributed by atoms with Crippen molar-refractivity contribution in [2.75, 3.05) is 7.11 Å². The molecule has 0 saturated carbocycles. The topological polar surface area (TPSA) is 64.2 Å². The molecular weight excluding hydrogens is 328 g/mol. The van der Waals surface area contributed by atoms with Crippen LogP contribution in [0.4, 0.5) is 0 Å². The number of aromatic nitrogens is 2. The first-order valence-electron chi connectivity index (χ1n) is 8.14. The van der Waals surface area contributed by atoms with Crippen molar-refractivity contribution < 1.29 is 14.3 Å². The van der Waals surface area contributed by atoms with Gasteiger partial charge in [0.1, 0.15) is 17.3 Å². The number of para-hydroxylation sites is 2. The Morgan fingerprint density at radius 2 is 1.73 bits per heavy atom. The van der Waals surface area contributed by atoms with E-state index in [2.05, 4.69) is 9.97 Å². The van der Waals surface area contributed by atoms with Crippen LogP contribution in [0.1, 0.15) is 10.4 Å². The third kappa shape index (κ3) is 3.15. The van der Waals surface area contributed by atoms with Gasteiger partial charge in [-0.05, 0) is 48.5 Å². The highest BCUT2D eigenvalue weighted by molar-refractivity contribution is 5.91. The lowest BCUT2D eigenvalue weighted by Gasteiger charge is -2.06. The number of rotatable bonds is 4. The van der Waals surface area contributed by atoms with Crippen molar-refractivity contribution in [2.45, 2.75) is 0 Å². The van der Waals surface area contributed by atoms with Crippen molar-refractivity contribution in [2.24, 2.45) is 0 Å². The fourth-order valence-electron chi connectivity index (χ4n) is 2.69. The average Bonchev–Trinajstić information content (AvgIpc) is 3.12. The molecule has 128 valence electrons. The van der Waals surface area contributed by atoms with E-state index in [0.717, 1.165) is 22.4 Å². The van der Waals surface area contributed by atoms with E-state index in [1.54, 1.807) is 43.5 Å². The number of nitrogens with one attached hydrogen (secondary N) is 1. The number of nitrogens with zero attached hydrogens (tertiary/aromatic N) is 1. The molecule has 0 unspecified atom stereocenters. The molecule has 1 heterocycles. The summed E-state index contributed by atoms with van der Waals surface area (Å²) in [6.45, 7) is 0. The number of methoxy groups -OCH3 is 1. The minimum Gasteiger partial charge on any atom is -0.497 e. The second-order valence-electron chi connectivity index (χ2n) is 5.75. The molecule has 0 aliphatic rings. The standard InChI is InChI=1S/C21H16N2O3/c1-25-16-11-9-14(10-12-16)21(24)26-17-6-4-5-15(13-17)20-22-18-7-2-3-8-19(18)23-20/h2-13H,1H3,(H,22,23). The molecule has 1 N–H and O–H groups in total. The molecule has 0 saturated heterocycles. The van der Waals surface area contributed by atoms with Crippen molar-refractivity contribution in [3.63, 3.8) is 0 Å². The second-order valence-corrected chi connectivity index (χ2v) is 5.75. The van der Waals surface area contributed by atoms with Crippen LogP contribution in [0.25, 0.3) is 22.4 Å². The Labute approximate surface area is 150 Å². The number of carbonyl (C=O) groups is 1. The number of ether oxygens (including phenoxy) is 2. The summed E-state index contributed by atoms with van der Waals surface area (Å²) < 4.78 is 10.6. The number of fused-ring (bicyclic) bond motifs is 1. The largest absolute Gasteiger partial charge is 0.497 e. The summed E-state index contributed by atoms with van der Waals surface area (Å²) in [5.41, 5.74) is 3.16. The van der Waals surface area contributed by atoms with Gasteiger partial charge in [-0.3, -0.25) is 0 Å². The van der Waals surface area contributed by atoms with Crippen molar-refractivity contribution in [3.8, 4) is 22.9 Å². The summed E-state index contributed by atoms with van der Waals surface area (Å²) in [7, 11) is 1.58. The molecule has 0 bridgehead atoms. The van der Waals surface area contributed by atoms with Crippen LogP contribution < -0.4 is 9.47 Å². The van der Waals surface area contributed by atoms with Gasteiger partial charge in [-0.1, -0.05) is 24.3 Å². The number of H-pyrrole nitrogens is 1. The Kier molecular flexibility index (Phi) is 4.11. The highest BCUT2D eigenvalue weighted by Gasteiger charge is 2.11. The maximum atomic E-state index is 12.3. The first kappa shape index (κ1) is 15.9. The number of hydrogen-bond donors (Lipinski definition) is 1. The van der Waals surface area contributed by atoms with Crippen LogP contribution >= 0.6 is 0 Å². The summed E-state index contributed by atoms with van der Waals surface area (Å²) >= 11 is 0. The Morgan fingerprint density at radius 3 is 2.50 bits per heavy atom. The van der Waals surface area contributed by atoms with Gasteiger partial charge in [0.25, 0.3) is 0 Å². The minimum absolute atomic E-state index is 0.422. The number of imidazole rings is 1. The molecule has 4 aromatic rings. The molecule has 1 aromatic heterocycles. The molecule has 5 nitrogen and oxygen atoms in total. The van der Waals surface area contributed by atoms with E-state index < -0.39 is 5.97 Å². The molecule has 0 fully saturated rings. The molecule has 5 heteroatoms. The summed E-state index contributed by atoms with van der Waals surface area (Å²) in [6, 6.07) is 21.9. The van der Waals surface area contributed by atoms with Gasteiger partial charge in [-0.2, -0.15) is 0 Å². The average molecular weight is 344 g/mol. The number of benzene rings is 3. The van der Waals surface area contributed by atoms with Crippen molar-refractivity contribution in [1.29, 1.82) is 0 Å². The third-order valence-electron chi connectivity index (χ3n) is 4.03. The smallest absolute Gasteiger partial charge is 0.343 e. The van der Waals surface area contributed by atoms with E-state index >= 15 is 0 Å². The Bertz CT molecular complexity index is 1040. The molecular formula is C21H16N2O3. The van der Waals surface area contributed by atoms with E-state index in [0.29, 0.717) is 17.1 Å². The van der Waals surface area contributed by atoms with E-state index in [-0.39, 0.29) is 0 Å². The second kappa shape index (κ2) is 6.72. The maximum absolute atomic E-state index is 12.3. The fourth-order valence-corrected chi connectivity index (χ4v) is 2.69. The highest BCUT2D eigenvalue weighted by Crippen LogP contribution is 2.24. The SMILES string of the molecule is COc1ccc(C(=O)Oc2cccc(-c3nc4ccccc4[nH]3)c2)cc1. The molecule has 0 radical (unpaired) electrons. The van der Waals surface area contributed by atoms with Crippen LogP contribution in [0, 0.1) is 0 Å². The van der Waals surface area contributed by atoms with Gasteiger partial charge in [0.2, 0.25) is 0 Å². The number of carbonyl (C=O) groups excluding carboxylic acids is 1. The molecule has 0 aliphatic carbocycles. The number of esters is 1. The molecule has 4 rings (SSSR count). The van der Waals surface area contributed by atoms with Crippen LogP contribution in [0.5, 0.6) is 11.5 Å². The summed E-state index contributed by atoms with van der Waals surface area (Å²) in [4.78, 5) is 20.2. The first-order valence-corrected chi connectivity index (χ1v) is 8.14. The van der Waals surface area contributed by atoms with Gasteiger partial charge in [0.15, 0.2) is 0 Å². The fraction of sp³-hybridized carbons (Fsp3) is 0.0476. The molecule has 0 atom stereocenters. The summed E-state index contributed by atoms with van der Waals surface area (Å²) in [6.07, 6.45) is 0. The molecule has 0 aliphatic heterocycles. The van der Waals surface area contributed by atoms with Crippen molar-refractivity contribution in [3.05, 3.63) is 78.4 Å². The van der Waals surface area contributed by atoms with Gasteiger partial charge in [-0.25, -0.2) is 9.78 Å². The lowest BCUT2D eigenvalue weighted by atomic mass is 10.2. The first-order chi connectivity index (χ1) is 12.7. The number of hydrogen-bond acceptors (Lipinski definition) is 4. The molecule has 26 heavy (non-hydrogen) atoms. The van der Waals surface area contributed by atoms with E-state index in [1.165, 1.54) is 0 Å².